The second-order valence-corrected chi connectivity index (χ2v) is 4.70. The van der Waals surface area contributed by atoms with Crippen molar-refractivity contribution in [1.29, 1.82) is 0 Å². The molecule has 0 aliphatic heterocycles. The highest BCUT2D eigenvalue weighted by Gasteiger charge is 2.27. The van der Waals surface area contributed by atoms with E-state index in [0.717, 1.165) is 0 Å². The summed E-state index contributed by atoms with van der Waals surface area (Å²) in [5.74, 6) is -0.121. The molecule has 1 aliphatic carbocycles. The number of aromatic hydroxyl groups is 1. The second-order valence-electron chi connectivity index (χ2n) is 4.70. The Balaban J connectivity index is 2.08. The van der Waals surface area contributed by atoms with E-state index < -0.39 is 0 Å². The minimum Gasteiger partial charge on any atom is -0.507 e. The van der Waals surface area contributed by atoms with Gasteiger partial charge in [0.05, 0.1) is 0 Å². The van der Waals surface area contributed by atoms with Crippen LogP contribution in [0, 0.1) is 0 Å². The van der Waals surface area contributed by atoms with Gasteiger partial charge in [0.2, 0.25) is 0 Å². The Morgan fingerprint density at radius 3 is 2.30 bits per heavy atom. The van der Waals surface area contributed by atoms with Gasteiger partial charge >= 0.3 is 0 Å². The third-order valence-corrected chi connectivity index (χ3v) is 3.38. The van der Waals surface area contributed by atoms with E-state index in [1.807, 2.05) is 0 Å². The Morgan fingerprint density at radius 1 is 0.900 bits per heavy atom. The highest BCUT2D eigenvalue weighted by Crippen LogP contribution is 2.28. The number of para-hydroxylation sites is 1. The number of ketones is 2. The second kappa shape index (κ2) is 4.78. The monoisotopic (exact) mass is 264 g/mol. The van der Waals surface area contributed by atoms with Gasteiger partial charge in [-0.3, -0.25) is 9.59 Å². The number of carbonyl (C=O) groups is 2. The molecule has 0 amide bonds. The standard InChI is InChI=1S/C17H12O3/c18-15-8-4-1-5-11(15)9-12-10-16(19)13-6-2-3-7-14(13)17(12)20/h1-9,18H,10H2. The van der Waals surface area contributed by atoms with Crippen LogP contribution in [0.25, 0.3) is 6.08 Å². The molecule has 2 aromatic carbocycles. The van der Waals surface area contributed by atoms with Crippen LogP contribution in [0.4, 0.5) is 0 Å². The summed E-state index contributed by atoms with van der Waals surface area (Å²) in [7, 11) is 0. The summed E-state index contributed by atoms with van der Waals surface area (Å²) in [6, 6.07) is 13.6. The van der Waals surface area contributed by atoms with Crippen molar-refractivity contribution < 1.29 is 14.7 Å². The quantitative estimate of drug-likeness (QED) is 0.804. The van der Waals surface area contributed by atoms with E-state index in [0.29, 0.717) is 22.3 Å². The van der Waals surface area contributed by atoms with Gasteiger partial charge in [-0.2, -0.15) is 0 Å². The Morgan fingerprint density at radius 2 is 1.55 bits per heavy atom. The van der Waals surface area contributed by atoms with Crippen molar-refractivity contribution in [2.75, 3.05) is 0 Å². The van der Waals surface area contributed by atoms with E-state index in [2.05, 4.69) is 0 Å². The smallest absolute Gasteiger partial charge is 0.190 e. The first kappa shape index (κ1) is 12.4. The molecule has 3 rings (SSSR count). The van der Waals surface area contributed by atoms with Crippen LogP contribution in [0.1, 0.15) is 32.7 Å². The molecule has 0 fully saturated rings. The number of hydrogen-bond donors (Lipinski definition) is 1. The van der Waals surface area contributed by atoms with Gasteiger partial charge < -0.3 is 5.11 Å². The summed E-state index contributed by atoms with van der Waals surface area (Å²) >= 11 is 0. The molecule has 0 saturated heterocycles. The summed E-state index contributed by atoms with van der Waals surface area (Å²) in [6.45, 7) is 0. The van der Waals surface area contributed by atoms with Gasteiger partial charge in [0.25, 0.3) is 0 Å². The van der Waals surface area contributed by atoms with Crippen LogP contribution in [0.2, 0.25) is 0 Å². The lowest BCUT2D eigenvalue weighted by Crippen LogP contribution is -2.19. The number of phenols is 1. The summed E-state index contributed by atoms with van der Waals surface area (Å²) in [5, 5.41) is 9.75. The molecule has 0 atom stereocenters. The zero-order chi connectivity index (χ0) is 14.1. The van der Waals surface area contributed by atoms with Crippen molar-refractivity contribution in [3.63, 3.8) is 0 Å². The molecule has 0 spiro atoms. The molecule has 0 heterocycles. The normalized spacial score (nSPS) is 16.3. The molecule has 0 aromatic heterocycles. The van der Waals surface area contributed by atoms with Gasteiger partial charge in [0.15, 0.2) is 11.6 Å². The van der Waals surface area contributed by atoms with Crippen LogP contribution in [-0.4, -0.2) is 16.7 Å². The average Bonchev–Trinajstić information content (AvgIpc) is 2.47. The maximum Gasteiger partial charge on any atom is 0.190 e. The lowest BCUT2D eigenvalue weighted by Gasteiger charge is -2.16. The lowest BCUT2D eigenvalue weighted by atomic mass is 9.85. The first-order chi connectivity index (χ1) is 9.66. The van der Waals surface area contributed by atoms with Crippen LogP contribution >= 0.6 is 0 Å². The number of hydrogen-bond acceptors (Lipinski definition) is 3. The van der Waals surface area contributed by atoms with Crippen LogP contribution < -0.4 is 0 Å². The number of Topliss-reactive ketones (excluding diaryl/α,β-unsaturated/α-hetero) is 2. The van der Waals surface area contributed by atoms with Gasteiger partial charge in [-0.1, -0.05) is 42.5 Å². The molecule has 0 radical (unpaired) electrons. The first-order valence-electron chi connectivity index (χ1n) is 6.32. The van der Waals surface area contributed by atoms with Gasteiger partial charge in [0, 0.05) is 28.7 Å². The van der Waals surface area contributed by atoms with Crippen LogP contribution in [-0.2, 0) is 0 Å². The molecule has 3 nitrogen and oxygen atoms in total. The van der Waals surface area contributed by atoms with Gasteiger partial charge in [0.1, 0.15) is 5.75 Å². The fourth-order valence-electron chi connectivity index (χ4n) is 2.36. The minimum atomic E-state index is -0.150. The number of phenolic OH excluding ortho intramolecular Hbond substituents is 1. The van der Waals surface area contributed by atoms with E-state index in [9.17, 15) is 14.7 Å². The van der Waals surface area contributed by atoms with Crippen molar-refractivity contribution in [3.05, 3.63) is 70.8 Å². The Bertz CT molecular complexity index is 741. The van der Waals surface area contributed by atoms with Crippen molar-refractivity contribution in [2.24, 2.45) is 0 Å². The largest absolute Gasteiger partial charge is 0.507 e. The zero-order valence-electron chi connectivity index (χ0n) is 10.7. The van der Waals surface area contributed by atoms with Crippen molar-refractivity contribution in [1.82, 2.24) is 0 Å². The molecule has 98 valence electrons. The summed E-state index contributed by atoms with van der Waals surface area (Å²) in [4.78, 5) is 24.4. The van der Waals surface area contributed by atoms with Gasteiger partial charge in [-0.25, -0.2) is 0 Å². The Labute approximate surface area is 116 Å². The molecule has 1 N–H and O–H groups in total. The molecular formula is C17H12O3. The van der Waals surface area contributed by atoms with E-state index in [1.54, 1.807) is 54.6 Å². The third-order valence-electron chi connectivity index (χ3n) is 3.38. The maximum absolute atomic E-state index is 12.4. The predicted molar refractivity (Wildman–Crippen MR) is 75.8 cm³/mol. The van der Waals surface area contributed by atoms with Gasteiger partial charge in [-0.05, 0) is 12.1 Å². The minimum absolute atomic E-state index is 0.0677. The number of fused-ring (bicyclic) bond motifs is 1. The first-order valence-corrected chi connectivity index (χ1v) is 6.32. The van der Waals surface area contributed by atoms with Crippen molar-refractivity contribution in [3.8, 4) is 5.75 Å². The molecule has 3 heteroatoms. The van der Waals surface area contributed by atoms with E-state index in [1.165, 1.54) is 0 Å². The van der Waals surface area contributed by atoms with E-state index in [-0.39, 0.29) is 23.7 Å². The highest BCUT2D eigenvalue weighted by molar-refractivity contribution is 6.23. The molecule has 20 heavy (non-hydrogen) atoms. The topological polar surface area (TPSA) is 54.4 Å². The lowest BCUT2D eigenvalue weighted by molar-refractivity contribution is 0.0936. The van der Waals surface area contributed by atoms with E-state index in [4.69, 9.17) is 0 Å². The summed E-state index contributed by atoms with van der Waals surface area (Å²) in [6.07, 6.45) is 1.66. The van der Waals surface area contributed by atoms with Crippen LogP contribution in [0.15, 0.2) is 54.1 Å². The fourth-order valence-corrected chi connectivity index (χ4v) is 2.36. The molecule has 0 saturated carbocycles. The number of allylic oxidation sites excluding steroid dienone is 1. The number of carbonyl (C=O) groups excluding carboxylic acids is 2. The highest BCUT2D eigenvalue weighted by atomic mass is 16.3. The molecule has 2 aromatic rings. The predicted octanol–water partition coefficient (Wildman–Crippen LogP) is 3.24. The van der Waals surface area contributed by atoms with Crippen LogP contribution in [0.5, 0.6) is 5.75 Å². The summed E-state index contributed by atoms with van der Waals surface area (Å²) < 4.78 is 0. The number of benzene rings is 2. The van der Waals surface area contributed by atoms with E-state index >= 15 is 0 Å². The molecular weight excluding hydrogens is 252 g/mol. The SMILES string of the molecule is O=C1CC(=Cc2ccccc2O)C(=O)c2ccccc21. The van der Waals surface area contributed by atoms with Crippen molar-refractivity contribution in [2.45, 2.75) is 6.42 Å². The Hall–Kier alpha value is -2.68. The average molecular weight is 264 g/mol. The molecule has 0 unspecified atom stereocenters. The summed E-state index contributed by atoms with van der Waals surface area (Å²) in [5.41, 5.74) is 1.87. The van der Waals surface area contributed by atoms with Gasteiger partial charge in [-0.15, -0.1) is 0 Å². The fraction of sp³-hybridized carbons (Fsp3) is 0.0588. The Kier molecular flexibility index (Phi) is 2.95. The van der Waals surface area contributed by atoms with Crippen LogP contribution in [0.3, 0.4) is 0 Å². The number of rotatable bonds is 1. The third kappa shape index (κ3) is 2.03. The molecule has 0 bridgehead atoms. The molecule has 1 aliphatic rings. The van der Waals surface area contributed by atoms with Crippen molar-refractivity contribution >= 4 is 17.6 Å². The zero-order valence-corrected chi connectivity index (χ0v) is 10.7. The maximum atomic E-state index is 12.4.